The molecule has 0 aromatic heterocycles. The SMILES string of the molecule is C[C@H]1c2ccccc2CC[C@@H]1CC1=NCCN1. The van der Waals surface area contributed by atoms with Crippen molar-refractivity contribution in [3.63, 3.8) is 0 Å². The number of aliphatic imine (C=N–C) groups is 1. The van der Waals surface area contributed by atoms with Crippen molar-refractivity contribution < 1.29 is 0 Å². The number of amidine groups is 1. The molecule has 1 N–H and O–H groups in total. The van der Waals surface area contributed by atoms with Gasteiger partial charge in [0.15, 0.2) is 0 Å². The molecule has 1 aliphatic heterocycles. The second-order valence-electron chi connectivity index (χ2n) is 5.25. The minimum absolute atomic E-state index is 0.671. The molecular formula is C15H20N2. The van der Waals surface area contributed by atoms with Gasteiger partial charge >= 0.3 is 0 Å². The van der Waals surface area contributed by atoms with Crippen LogP contribution < -0.4 is 5.32 Å². The Kier molecular flexibility index (Phi) is 2.87. The van der Waals surface area contributed by atoms with Crippen LogP contribution in [0, 0.1) is 5.92 Å². The molecule has 0 bridgehead atoms. The Morgan fingerprint density at radius 2 is 2.24 bits per heavy atom. The van der Waals surface area contributed by atoms with Crippen molar-refractivity contribution in [3.05, 3.63) is 35.4 Å². The summed E-state index contributed by atoms with van der Waals surface area (Å²) in [5, 5.41) is 3.40. The normalized spacial score (nSPS) is 27.2. The van der Waals surface area contributed by atoms with E-state index in [1.807, 2.05) is 0 Å². The molecule has 1 aliphatic carbocycles. The zero-order valence-electron chi connectivity index (χ0n) is 10.4. The summed E-state index contributed by atoms with van der Waals surface area (Å²) in [6.45, 7) is 4.37. The van der Waals surface area contributed by atoms with Crippen molar-refractivity contribution in [2.24, 2.45) is 10.9 Å². The van der Waals surface area contributed by atoms with E-state index < -0.39 is 0 Å². The molecule has 2 atom stereocenters. The summed E-state index contributed by atoms with van der Waals surface area (Å²) in [6.07, 6.45) is 3.67. The Hall–Kier alpha value is -1.31. The summed E-state index contributed by atoms with van der Waals surface area (Å²) < 4.78 is 0. The summed E-state index contributed by atoms with van der Waals surface area (Å²) in [6, 6.07) is 8.92. The van der Waals surface area contributed by atoms with E-state index in [9.17, 15) is 0 Å². The summed E-state index contributed by atoms with van der Waals surface area (Å²) >= 11 is 0. The summed E-state index contributed by atoms with van der Waals surface area (Å²) in [4.78, 5) is 4.53. The Balaban J connectivity index is 1.77. The van der Waals surface area contributed by atoms with E-state index in [0.717, 1.165) is 25.4 Å². The van der Waals surface area contributed by atoms with E-state index in [4.69, 9.17) is 0 Å². The molecule has 3 rings (SSSR count). The molecule has 0 saturated carbocycles. The number of aryl methyl sites for hydroxylation is 1. The molecule has 1 aromatic carbocycles. The van der Waals surface area contributed by atoms with E-state index in [1.54, 1.807) is 11.1 Å². The first-order chi connectivity index (χ1) is 8.34. The van der Waals surface area contributed by atoms with Crippen LogP contribution in [0.1, 0.15) is 36.8 Å². The third-order valence-corrected chi connectivity index (χ3v) is 4.24. The van der Waals surface area contributed by atoms with E-state index in [-0.39, 0.29) is 0 Å². The molecule has 0 saturated heterocycles. The summed E-state index contributed by atoms with van der Waals surface area (Å²) in [5.74, 6) is 2.67. The van der Waals surface area contributed by atoms with E-state index in [2.05, 4.69) is 41.5 Å². The highest BCUT2D eigenvalue weighted by Crippen LogP contribution is 2.37. The lowest BCUT2D eigenvalue weighted by Gasteiger charge is -2.31. The fourth-order valence-electron chi connectivity index (χ4n) is 3.16. The second-order valence-corrected chi connectivity index (χ2v) is 5.25. The minimum atomic E-state index is 0.671. The quantitative estimate of drug-likeness (QED) is 0.827. The van der Waals surface area contributed by atoms with Crippen LogP contribution >= 0.6 is 0 Å². The van der Waals surface area contributed by atoms with Gasteiger partial charge in [-0.25, -0.2) is 0 Å². The maximum atomic E-state index is 4.53. The van der Waals surface area contributed by atoms with Crippen molar-refractivity contribution in [2.75, 3.05) is 13.1 Å². The Morgan fingerprint density at radius 3 is 3.06 bits per heavy atom. The van der Waals surface area contributed by atoms with Gasteiger partial charge in [0, 0.05) is 13.0 Å². The van der Waals surface area contributed by atoms with Crippen LogP contribution in [-0.2, 0) is 6.42 Å². The molecule has 17 heavy (non-hydrogen) atoms. The molecule has 0 fully saturated rings. The van der Waals surface area contributed by atoms with Gasteiger partial charge in [0.1, 0.15) is 0 Å². The fourth-order valence-corrected chi connectivity index (χ4v) is 3.16. The van der Waals surface area contributed by atoms with E-state index in [0.29, 0.717) is 5.92 Å². The summed E-state index contributed by atoms with van der Waals surface area (Å²) in [7, 11) is 0. The van der Waals surface area contributed by atoms with Crippen molar-refractivity contribution in [1.82, 2.24) is 5.32 Å². The van der Waals surface area contributed by atoms with Crippen molar-refractivity contribution in [2.45, 2.75) is 32.1 Å². The predicted octanol–water partition coefficient (Wildman–Crippen LogP) is 2.74. The van der Waals surface area contributed by atoms with Crippen LogP contribution in [0.5, 0.6) is 0 Å². The van der Waals surface area contributed by atoms with Gasteiger partial charge in [-0.3, -0.25) is 4.99 Å². The molecule has 0 spiro atoms. The molecular weight excluding hydrogens is 208 g/mol. The maximum absolute atomic E-state index is 4.53. The average Bonchev–Trinajstić information content (AvgIpc) is 2.86. The minimum Gasteiger partial charge on any atom is -0.372 e. The second kappa shape index (κ2) is 4.52. The number of nitrogens with one attached hydrogen (secondary N) is 1. The molecule has 2 aliphatic rings. The number of nitrogens with zero attached hydrogens (tertiary/aromatic N) is 1. The first kappa shape index (κ1) is 10.8. The first-order valence-corrected chi connectivity index (χ1v) is 6.69. The van der Waals surface area contributed by atoms with Crippen LogP contribution in [0.25, 0.3) is 0 Å². The molecule has 2 nitrogen and oxygen atoms in total. The zero-order chi connectivity index (χ0) is 11.7. The highest BCUT2D eigenvalue weighted by Gasteiger charge is 2.27. The molecule has 0 radical (unpaired) electrons. The monoisotopic (exact) mass is 228 g/mol. The number of benzene rings is 1. The smallest absolute Gasteiger partial charge is 0.0967 e. The van der Waals surface area contributed by atoms with Gasteiger partial charge < -0.3 is 5.32 Å². The lowest BCUT2D eigenvalue weighted by Crippen LogP contribution is -2.26. The van der Waals surface area contributed by atoms with Crippen molar-refractivity contribution in [3.8, 4) is 0 Å². The number of hydrogen-bond acceptors (Lipinski definition) is 2. The van der Waals surface area contributed by atoms with Gasteiger partial charge in [0.05, 0.1) is 12.4 Å². The third-order valence-electron chi connectivity index (χ3n) is 4.24. The number of hydrogen-bond donors (Lipinski definition) is 1. The highest BCUT2D eigenvalue weighted by molar-refractivity contribution is 5.83. The topological polar surface area (TPSA) is 24.4 Å². The van der Waals surface area contributed by atoms with Crippen LogP contribution in [0.2, 0.25) is 0 Å². The lowest BCUT2D eigenvalue weighted by atomic mass is 9.74. The molecule has 0 amide bonds. The lowest BCUT2D eigenvalue weighted by molar-refractivity contribution is 0.402. The molecule has 2 heteroatoms. The van der Waals surface area contributed by atoms with Crippen LogP contribution in [-0.4, -0.2) is 18.9 Å². The Morgan fingerprint density at radius 1 is 1.35 bits per heavy atom. The predicted molar refractivity (Wildman–Crippen MR) is 71.6 cm³/mol. The average molecular weight is 228 g/mol. The molecule has 1 aromatic rings. The van der Waals surface area contributed by atoms with Gasteiger partial charge in [0.2, 0.25) is 0 Å². The maximum Gasteiger partial charge on any atom is 0.0967 e. The van der Waals surface area contributed by atoms with Gasteiger partial charge in [0.25, 0.3) is 0 Å². The molecule has 0 unspecified atom stereocenters. The Bertz CT molecular complexity index is 436. The van der Waals surface area contributed by atoms with Crippen LogP contribution in [0.3, 0.4) is 0 Å². The van der Waals surface area contributed by atoms with Gasteiger partial charge in [-0.2, -0.15) is 0 Å². The standard InChI is InChI=1S/C15H20N2/c1-11-13(10-15-16-8-9-17-15)7-6-12-4-2-3-5-14(11)12/h2-5,11,13H,6-10H2,1H3,(H,16,17)/t11-,13-/m1/s1. The van der Waals surface area contributed by atoms with Gasteiger partial charge in [-0.05, 0) is 35.8 Å². The third kappa shape index (κ3) is 2.08. The van der Waals surface area contributed by atoms with E-state index >= 15 is 0 Å². The Labute approximate surface area is 103 Å². The van der Waals surface area contributed by atoms with Crippen LogP contribution in [0.4, 0.5) is 0 Å². The molecule has 1 heterocycles. The highest BCUT2D eigenvalue weighted by atomic mass is 15.1. The van der Waals surface area contributed by atoms with Crippen LogP contribution in [0.15, 0.2) is 29.3 Å². The number of rotatable bonds is 2. The van der Waals surface area contributed by atoms with Crippen molar-refractivity contribution >= 4 is 5.84 Å². The zero-order valence-corrected chi connectivity index (χ0v) is 10.4. The summed E-state index contributed by atoms with van der Waals surface area (Å²) in [5.41, 5.74) is 3.11. The van der Waals surface area contributed by atoms with E-state index in [1.165, 1.54) is 18.7 Å². The van der Waals surface area contributed by atoms with Crippen molar-refractivity contribution in [1.29, 1.82) is 0 Å². The van der Waals surface area contributed by atoms with Gasteiger partial charge in [-0.1, -0.05) is 31.2 Å². The first-order valence-electron chi connectivity index (χ1n) is 6.69. The number of fused-ring (bicyclic) bond motifs is 1. The van der Waals surface area contributed by atoms with Gasteiger partial charge in [-0.15, -0.1) is 0 Å². The largest absolute Gasteiger partial charge is 0.372 e. The molecule has 90 valence electrons. The fraction of sp³-hybridized carbons (Fsp3) is 0.533.